The molecule has 0 atom stereocenters. The monoisotopic (exact) mass is 154 g/mol. The zero-order chi connectivity index (χ0) is 5.33. The van der Waals surface area contributed by atoms with Gasteiger partial charge in [0, 0.05) is 13.2 Å². The molecule has 1 aliphatic rings. The first kappa shape index (κ1) is 5.88. The van der Waals surface area contributed by atoms with Crippen LogP contribution in [-0.4, -0.2) is 12.4 Å². The molecule has 0 aromatic carbocycles. The molecule has 0 unspecified atom stereocenters. The number of hydrogen-bond acceptors (Lipinski definition) is 3. The molecule has 0 saturated carbocycles. The van der Waals surface area contributed by atoms with Crippen molar-refractivity contribution in [1.29, 1.82) is 0 Å². The van der Waals surface area contributed by atoms with Crippen molar-refractivity contribution in [3.63, 3.8) is 0 Å². The molecular weight excluding hydrogens is 148 g/mol. The van der Waals surface area contributed by atoms with Crippen LogP contribution in [0.1, 0.15) is 6.42 Å². The van der Waals surface area contributed by atoms with Crippen LogP contribution in [0.5, 0.6) is 0 Å². The minimum Gasteiger partial charge on any atom is -0.310 e. The van der Waals surface area contributed by atoms with E-state index in [0.29, 0.717) is 0 Å². The molecule has 1 nitrogen and oxygen atoms in total. The Morgan fingerprint density at radius 1 is 1.43 bits per heavy atom. The topological polar surface area (TPSA) is 9.23 Å². The lowest BCUT2D eigenvalue weighted by atomic mass is 10.5. The zero-order valence-corrected chi connectivity index (χ0v) is 6.20. The van der Waals surface area contributed by atoms with Crippen LogP contribution >= 0.6 is 0 Å². The smallest absolute Gasteiger partial charge is 0.0628 e. The fourth-order valence-electron chi connectivity index (χ4n) is 0.481. The zero-order valence-electron chi connectivity index (χ0n) is 3.75. The van der Waals surface area contributed by atoms with E-state index in [4.69, 9.17) is 26.6 Å². The van der Waals surface area contributed by atoms with Gasteiger partial charge in [0.05, 0.1) is 6.61 Å². The van der Waals surface area contributed by atoms with Crippen LogP contribution < -0.4 is 0 Å². The van der Waals surface area contributed by atoms with Crippen molar-refractivity contribution in [3.05, 3.63) is 0 Å². The van der Waals surface area contributed by atoms with E-state index in [1.54, 1.807) is 0 Å². The van der Waals surface area contributed by atoms with Gasteiger partial charge in [0.15, 0.2) is 0 Å². The van der Waals surface area contributed by atoms with Crippen LogP contribution in [0.25, 0.3) is 0 Å². The van der Waals surface area contributed by atoms with Gasteiger partial charge in [-0.2, -0.15) is 0 Å². The van der Waals surface area contributed by atoms with Crippen LogP contribution in [0.2, 0.25) is 0 Å². The summed E-state index contributed by atoms with van der Waals surface area (Å²) in [5, 5.41) is 0. The Hall–Kier alpha value is 0.750. The van der Waals surface area contributed by atoms with E-state index in [1.807, 2.05) is 0 Å². The lowest BCUT2D eigenvalue weighted by Gasteiger charge is -1.92. The number of rotatable bonds is 0. The Balaban J connectivity index is 2.76. The molecule has 42 valence electrons. The standard InChI is InChI=1S/C3H6OS3/c5-7(6)3-1-2-4-7/h1-3H2. The number of hydrogen-bond donors (Lipinski definition) is 0. The molecule has 0 aliphatic carbocycles. The minimum atomic E-state index is -1.38. The molecule has 7 heavy (non-hydrogen) atoms. The van der Waals surface area contributed by atoms with Gasteiger partial charge in [-0.25, -0.2) is 0 Å². The predicted molar refractivity (Wildman–Crippen MR) is 37.5 cm³/mol. The Bertz CT molecular complexity index is 134. The van der Waals surface area contributed by atoms with Crippen LogP contribution in [0.3, 0.4) is 0 Å². The van der Waals surface area contributed by atoms with Gasteiger partial charge in [0.25, 0.3) is 0 Å². The molecule has 0 aromatic rings. The van der Waals surface area contributed by atoms with Gasteiger partial charge < -0.3 is 4.18 Å². The van der Waals surface area contributed by atoms with E-state index in [1.165, 1.54) is 0 Å². The van der Waals surface area contributed by atoms with E-state index in [-0.39, 0.29) is 0 Å². The highest BCUT2D eigenvalue weighted by atomic mass is 33.1. The fourth-order valence-corrected chi connectivity index (χ4v) is 2.56. The summed E-state index contributed by atoms with van der Waals surface area (Å²) >= 11 is 9.77. The first-order valence-corrected chi connectivity index (χ1v) is 5.65. The first-order valence-electron chi connectivity index (χ1n) is 2.08. The van der Waals surface area contributed by atoms with Crippen molar-refractivity contribution in [2.45, 2.75) is 6.42 Å². The molecule has 0 amide bonds. The first-order chi connectivity index (χ1) is 3.21. The second-order valence-corrected chi connectivity index (χ2v) is 7.06. The second-order valence-electron chi connectivity index (χ2n) is 1.44. The third-order valence-corrected chi connectivity index (χ3v) is 3.69. The van der Waals surface area contributed by atoms with Gasteiger partial charge in [-0.1, -0.05) is 0 Å². The molecule has 4 heteroatoms. The Morgan fingerprint density at radius 2 is 2.14 bits per heavy atom. The van der Waals surface area contributed by atoms with Crippen LogP contribution in [0, 0.1) is 0 Å². The summed E-state index contributed by atoms with van der Waals surface area (Å²) in [6.07, 6.45) is 1.07. The third kappa shape index (κ3) is 1.60. The summed E-state index contributed by atoms with van der Waals surface area (Å²) in [4.78, 5) is 0. The van der Waals surface area contributed by atoms with Crippen molar-refractivity contribution in [3.8, 4) is 0 Å². The molecule has 1 aliphatic heterocycles. The largest absolute Gasteiger partial charge is 0.310 e. The normalized spacial score (nSPS) is 28.0. The summed E-state index contributed by atoms with van der Waals surface area (Å²) in [5.74, 6) is 0.942. The Labute approximate surface area is 53.1 Å². The van der Waals surface area contributed by atoms with Gasteiger partial charge in [-0.3, -0.25) is 0 Å². The molecule has 1 fully saturated rings. The summed E-state index contributed by atoms with van der Waals surface area (Å²) < 4.78 is 5.05. The molecule has 0 aromatic heterocycles. The molecule has 0 radical (unpaired) electrons. The van der Waals surface area contributed by atoms with Crippen LogP contribution in [0.4, 0.5) is 0 Å². The average Bonchev–Trinajstić information content (AvgIpc) is 1.84. The Morgan fingerprint density at radius 3 is 2.29 bits per heavy atom. The second kappa shape index (κ2) is 1.93. The molecular formula is C3H6OS3. The van der Waals surface area contributed by atoms with E-state index in [2.05, 4.69) is 0 Å². The Kier molecular flexibility index (Phi) is 1.62. The summed E-state index contributed by atoms with van der Waals surface area (Å²) in [6.45, 7) is 0.794. The highest BCUT2D eigenvalue weighted by Gasteiger charge is 2.08. The van der Waals surface area contributed by atoms with E-state index < -0.39 is 7.43 Å². The van der Waals surface area contributed by atoms with Crippen LogP contribution in [-0.2, 0) is 34.0 Å². The van der Waals surface area contributed by atoms with Crippen LogP contribution in [0.15, 0.2) is 0 Å². The molecule has 1 rings (SSSR count). The minimum absolute atomic E-state index is 0.794. The summed E-state index contributed by atoms with van der Waals surface area (Å²) in [7, 11) is -1.38. The van der Waals surface area contributed by atoms with Crippen molar-refractivity contribution in [2.24, 2.45) is 0 Å². The molecule has 1 heterocycles. The van der Waals surface area contributed by atoms with Crippen molar-refractivity contribution >= 4 is 29.8 Å². The maximum atomic E-state index is 5.05. The van der Waals surface area contributed by atoms with Gasteiger partial charge in [-0.05, 0) is 28.8 Å². The molecule has 0 bridgehead atoms. The molecule has 0 spiro atoms. The highest BCUT2D eigenvalue weighted by molar-refractivity contribution is 8.54. The quantitative estimate of drug-likeness (QED) is 0.500. The lowest BCUT2D eigenvalue weighted by molar-refractivity contribution is 0.400. The average molecular weight is 154 g/mol. The van der Waals surface area contributed by atoms with Gasteiger partial charge in [-0.15, -0.1) is 0 Å². The van der Waals surface area contributed by atoms with E-state index in [9.17, 15) is 0 Å². The SMILES string of the molecule is S=S1(=S)CCCO1. The fraction of sp³-hybridized carbons (Fsp3) is 1.00. The molecule has 1 saturated heterocycles. The van der Waals surface area contributed by atoms with Gasteiger partial charge in [0.2, 0.25) is 0 Å². The van der Waals surface area contributed by atoms with Crippen molar-refractivity contribution in [2.75, 3.05) is 12.4 Å². The van der Waals surface area contributed by atoms with Gasteiger partial charge in [0.1, 0.15) is 0 Å². The maximum absolute atomic E-state index is 5.05. The van der Waals surface area contributed by atoms with Crippen molar-refractivity contribution < 1.29 is 4.18 Å². The summed E-state index contributed by atoms with van der Waals surface area (Å²) in [5.41, 5.74) is 0. The summed E-state index contributed by atoms with van der Waals surface area (Å²) in [6, 6.07) is 0. The predicted octanol–water partition coefficient (Wildman–Crippen LogP) is 0.399. The van der Waals surface area contributed by atoms with E-state index in [0.717, 1.165) is 18.8 Å². The lowest BCUT2D eigenvalue weighted by Crippen LogP contribution is -1.92. The molecule has 0 N–H and O–H groups in total. The highest BCUT2D eigenvalue weighted by Crippen LogP contribution is 2.06. The van der Waals surface area contributed by atoms with E-state index >= 15 is 0 Å². The van der Waals surface area contributed by atoms with Crippen molar-refractivity contribution in [1.82, 2.24) is 0 Å². The third-order valence-electron chi connectivity index (χ3n) is 0.802. The maximum Gasteiger partial charge on any atom is 0.0628 e. The van der Waals surface area contributed by atoms with Gasteiger partial charge >= 0.3 is 0 Å².